The standard InChI is InChI=1S/C23H25N3O/c1-2-20-10-6-7-15-26(20)22-16-23(25-17-24-22)27-21-13-11-19(12-14-21)18-8-4-3-5-9-18/h3-5,8-9,11-14,16-17,20H,2,6-7,10,15H2,1H3. The molecule has 1 aromatic heterocycles. The molecule has 0 aliphatic carbocycles. The number of anilines is 1. The van der Waals surface area contributed by atoms with Crippen LogP contribution < -0.4 is 9.64 Å². The second kappa shape index (κ2) is 8.21. The van der Waals surface area contributed by atoms with Crippen molar-refractivity contribution in [2.45, 2.75) is 38.6 Å². The highest BCUT2D eigenvalue weighted by Crippen LogP contribution is 2.29. The summed E-state index contributed by atoms with van der Waals surface area (Å²) in [5, 5.41) is 0. The van der Waals surface area contributed by atoms with Gasteiger partial charge in [0.15, 0.2) is 0 Å². The van der Waals surface area contributed by atoms with Crippen molar-refractivity contribution in [1.82, 2.24) is 9.97 Å². The lowest BCUT2D eigenvalue weighted by Gasteiger charge is -2.36. The summed E-state index contributed by atoms with van der Waals surface area (Å²) in [6, 6.07) is 21.0. The minimum atomic E-state index is 0.562. The number of hydrogen-bond acceptors (Lipinski definition) is 4. The van der Waals surface area contributed by atoms with Gasteiger partial charge in [0.2, 0.25) is 5.88 Å². The van der Waals surface area contributed by atoms with E-state index in [1.54, 1.807) is 6.33 Å². The molecule has 1 fully saturated rings. The van der Waals surface area contributed by atoms with Gasteiger partial charge in [0.25, 0.3) is 0 Å². The zero-order valence-corrected chi connectivity index (χ0v) is 15.7. The van der Waals surface area contributed by atoms with Gasteiger partial charge in [-0.25, -0.2) is 9.97 Å². The van der Waals surface area contributed by atoms with Gasteiger partial charge in [0, 0.05) is 18.7 Å². The summed E-state index contributed by atoms with van der Waals surface area (Å²) >= 11 is 0. The first-order valence-corrected chi connectivity index (χ1v) is 9.75. The van der Waals surface area contributed by atoms with Crippen LogP contribution in [0.25, 0.3) is 11.1 Å². The van der Waals surface area contributed by atoms with E-state index in [0.29, 0.717) is 11.9 Å². The molecule has 2 aromatic carbocycles. The average molecular weight is 359 g/mol. The predicted molar refractivity (Wildman–Crippen MR) is 109 cm³/mol. The molecule has 3 aromatic rings. The van der Waals surface area contributed by atoms with Crippen molar-refractivity contribution in [2.75, 3.05) is 11.4 Å². The molecule has 0 bridgehead atoms. The first-order valence-electron chi connectivity index (χ1n) is 9.75. The van der Waals surface area contributed by atoms with Gasteiger partial charge in [-0.2, -0.15) is 0 Å². The fourth-order valence-corrected chi connectivity index (χ4v) is 3.74. The Labute approximate surface area is 160 Å². The number of nitrogens with zero attached hydrogens (tertiary/aromatic N) is 3. The van der Waals surface area contributed by atoms with Crippen LogP contribution in [0.4, 0.5) is 5.82 Å². The summed E-state index contributed by atoms with van der Waals surface area (Å²) in [5.74, 6) is 2.34. The van der Waals surface area contributed by atoms with E-state index in [0.717, 1.165) is 24.5 Å². The topological polar surface area (TPSA) is 38.2 Å². The molecule has 0 saturated carbocycles. The normalized spacial score (nSPS) is 16.9. The minimum Gasteiger partial charge on any atom is -0.439 e. The fourth-order valence-electron chi connectivity index (χ4n) is 3.74. The average Bonchev–Trinajstić information content (AvgIpc) is 2.75. The summed E-state index contributed by atoms with van der Waals surface area (Å²) in [7, 11) is 0. The Morgan fingerprint density at radius 3 is 2.52 bits per heavy atom. The van der Waals surface area contributed by atoms with E-state index in [-0.39, 0.29) is 0 Å². The van der Waals surface area contributed by atoms with Crippen molar-refractivity contribution in [2.24, 2.45) is 0 Å². The molecule has 4 heteroatoms. The number of ether oxygens (including phenoxy) is 1. The Bertz CT molecular complexity index is 864. The van der Waals surface area contributed by atoms with Crippen LogP contribution in [0.5, 0.6) is 11.6 Å². The number of benzene rings is 2. The maximum Gasteiger partial charge on any atom is 0.224 e. The molecule has 1 aliphatic rings. The molecule has 1 aliphatic heterocycles. The first-order chi connectivity index (χ1) is 13.3. The summed E-state index contributed by atoms with van der Waals surface area (Å²) in [5.41, 5.74) is 2.37. The maximum absolute atomic E-state index is 5.99. The van der Waals surface area contributed by atoms with Crippen molar-refractivity contribution in [1.29, 1.82) is 0 Å². The molecular formula is C23H25N3O. The third kappa shape index (κ3) is 4.11. The van der Waals surface area contributed by atoms with Gasteiger partial charge in [-0.15, -0.1) is 0 Å². The van der Waals surface area contributed by atoms with Crippen LogP contribution in [0.1, 0.15) is 32.6 Å². The van der Waals surface area contributed by atoms with Gasteiger partial charge in [0.1, 0.15) is 17.9 Å². The second-order valence-corrected chi connectivity index (χ2v) is 6.96. The van der Waals surface area contributed by atoms with Gasteiger partial charge < -0.3 is 9.64 Å². The van der Waals surface area contributed by atoms with E-state index < -0.39 is 0 Å². The molecule has 0 N–H and O–H groups in total. The van der Waals surface area contributed by atoms with Crippen LogP contribution in [-0.4, -0.2) is 22.6 Å². The molecule has 1 atom stereocenters. The minimum absolute atomic E-state index is 0.562. The Kier molecular flexibility index (Phi) is 5.33. The van der Waals surface area contributed by atoms with Crippen molar-refractivity contribution >= 4 is 5.82 Å². The van der Waals surface area contributed by atoms with Crippen LogP contribution in [0.2, 0.25) is 0 Å². The Morgan fingerprint density at radius 2 is 1.74 bits per heavy atom. The summed E-state index contributed by atoms with van der Waals surface area (Å²) in [6.07, 6.45) is 6.50. The summed E-state index contributed by atoms with van der Waals surface area (Å²) in [6.45, 7) is 3.30. The van der Waals surface area contributed by atoms with Crippen LogP contribution in [0.15, 0.2) is 67.0 Å². The van der Waals surface area contributed by atoms with E-state index in [2.05, 4.69) is 46.1 Å². The largest absolute Gasteiger partial charge is 0.439 e. The molecule has 1 unspecified atom stereocenters. The first kappa shape index (κ1) is 17.5. The highest BCUT2D eigenvalue weighted by Gasteiger charge is 2.22. The number of aromatic nitrogens is 2. The fraction of sp³-hybridized carbons (Fsp3) is 0.304. The van der Waals surface area contributed by atoms with E-state index >= 15 is 0 Å². The zero-order valence-electron chi connectivity index (χ0n) is 15.7. The van der Waals surface area contributed by atoms with Gasteiger partial charge in [-0.05, 0) is 48.9 Å². The second-order valence-electron chi connectivity index (χ2n) is 6.96. The lowest BCUT2D eigenvalue weighted by Crippen LogP contribution is -2.39. The van der Waals surface area contributed by atoms with Gasteiger partial charge >= 0.3 is 0 Å². The third-order valence-corrected chi connectivity index (χ3v) is 5.20. The van der Waals surface area contributed by atoms with E-state index in [1.165, 1.54) is 30.4 Å². The summed E-state index contributed by atoms with van der Waals surface area (Å²) in [4.78, 5) is 11.2. The predicted octanol–water partition coefficient (Wildman–Crippen LogP) is 5.70. The monoisotopic (exact) mass is 359 g/mol. The maximum atomic E-state index is 5.99. The Hall–Kier alpha value is -2.88. The van der Waals surface area contributed by atoms with Crippen LogP contribution in [0, 0.1) is 0 Å². The molecule has 0 radical (unpaired) electrons. The smallest absolute Gasteiger partial charge is 0.224 e. The Balaban J connectivity index is 1.50. The number of rotatable bonds is 5. The lowest BCUT2D eigenvalue weighted by molar-refractivity contribution is 0.440. The highest BCUT2D eigenvalue weighted by molar-refractivity contribution is 5.64. The van der Waals surface area contributed by atoms with Crippen LogP contribution in [-0.2, 0) is 0 Å². The number of piperidine rings is 1. The molecular weight excluding hydrogens is 334 g/mol. The molecule has 138 valence electrons. The van der Waals surface area contributed by atoms with Crippen molar-refractivity contribution in [3.8, 4) is 22.8 Å². The van der Waals surface area contributed by atoms with Gasteiger partial charge in [-0.3, -0.25) is 0 Å². The molecule has 27 heavy (non-hydrogen) atoms. The molecule has 0 amide bonds. The quantitative estimate of drug-likeness (QED) is 0.585. The SMILES string of the molecule is CCC1CCCCN1c1cc(Oc2ccc(-c3ccccc3)cc2)ncn1. The van der Waals surface area contributed by atoms with Crippen molar-refractivity contribution in [3.05, 3.63) is 67.0 Å². The molecule has 1 saturated heterocycles. The zero-order chi connectivity index (χ0) is 18.5. The van der Waals surface area contributed by atoms with E-state index in [4.69, 9.17) is 4.74 Å². The van der Waals surface area contributed by atoms with Crippen LogP contribution in [0.3, 0.4) is 0 Å². The van der Waals surface area contributed by atoms with Gasteiger partial charge in [-0.1, -0.05) is 49.4 Å². The highest BCUT2D eigenvalue weighted by atomic mass is 16.5. The summed E-state index contributed by atoms with van der Waals surface area (Å²) < 4.78 is 5.99. The number of hydrogen-bond donors (Lipinski definition) is 0. The third-order valence-electron chi connectivity index (χ3n) is 5.20. The van der Waals surface area contributed by atoms with Crippen LogP contribution >= 0.6 is 0 Å². The molecule has 4 nitrogen and oxygen atoms in total. The van der Waals surface area contributed by atoms with Gasteiger partial charge in [0.05, 0.1) is 0 Å². The Morgan fingerprint density at radius 1 is 0.963 bits per heavy atom. The molecule has 0 spiro atoms. The lowest BCUT2D eigenvalue weighted by atomic mass is 10.0. The van der Waals surface area contributed by atoms with Crippen molar-refractivity contribution < 1.29 is 4.74 Å². The molecule has 2 heterocycles. The van der Waals surface area contributed by atoms with E-state index in [9.17, 15) is 0 Å². The molecule has 4 rings (SSSR count). The van der Waals surface area contributed by atoms with Crippen molar-refractivity contribution in [3.63, 3.8) is 0 Å². The van der Waals surface area contributed by atoms with E-state index in [1.807, 2.05) is 36.4 Å².